The van der Waals surface area contributed by atoms with Gasteiger partial charge in [0.1, 0.15) is 0 Å². The predicted octanol–water partition coefficient (Wildman–Crippen LogP) is 3.55. The summed E-state index contributed by atoms with van der Waals surface area (Å²) in [5, 5.41) is 0. The number of hydrogen-bond donors (Lipinski definition) is 0. The van der Waals surface area contributed by atoms with Gasteiger partial charge in [0, 0.05) is 0 Å². The van der Waals surface area contributed by atoms with E-state index in [4.69, 9.17) is 0 Å². The first kappa shape index (κ1) is 9.48. The van der Waals surface area contributed by atoms with E-state index in [2.05, 4.69) is 27.0 Å². The molecule has 0 rings (SSSR count). The molecule has 0 saturated heterocycles. The Morgan fingerprint density at radius 3 is 2.60 bits per heavy atom. The molecule has 0 heteroatoms. The van der Waals surface area contributed by atoms with Crippen LogP contribution in [0.3, 0.4) is 0 Å². The molecule has 0 aliphatic rings. The molecule has 0 heterocycles. The van der Waals surface area contributed by atoms with Gasteiger partial charge in [-0.25, -0.2) is 0 Å². The summed E-state index contributed by atoms with van der Waals surface area (Å²) >= 11 is 0. The average molecular weight is 138 g/mol. The summed E-state index contributed by atoms with van der Waals surface area (Å²) in [7, 11) is 0. The maximum absolute atomic E-state index is 4.02. The third kappa shape index (κ3) is 3.49. The Bertz CT molecular complexity index is 111. The summed E-state index contributed by atoms with van der Waals surface area (Å²) < 4.78 is 0. The standard InChI is InChI=1S/C10H18/c1-5-7-9(3)10(4)8-6-2/h5,9H,1,4,6-8H2,2-3H3. The number of hydrogen-bond acceptors (Lipinski definition) is 0. The van der Waals surface area contributed by atoms with Crippen molar-refractivity contribution in [3.8, 4) is 0 Å². The molecule has 10 heavy (non-hydrogen) atoms. The Morgan fingerprint density at radius 2 is 2.20 bits per heavy atom. The van der Waals surface area contributed by atoms with Crippen molar-refractivity contribution in [3.05, 3.63) is 24.8 Å². The van der Waals surface area contributed by atoms with E-state index in [1.54, 1.807) is 0 Å². The number of rotatable bonds is 5. The molecule has 58 valence electrons. The molecule has 0 aromatic rings. The quantitative estimate of drug-likeness (QED) is 0.510. The van der Waals surface area contributed by atoms with Crippen LogP contribution in [0.15, 0.2) is 24.8 Å². The Morgan fingerprint density at radius 1 is 1.60 bits per heavy atom. The summed E-state index contributed by atoms with van der Waals surface area (Å²) in [6.45, 7) is 12.1. The molecule has 0 aliphatic carbocycles. The lowest BCUT2D eigenvalue weighted by atomic mass is 9.96. The molecule has 0 radical (unpaired) electrons. The first-order valence-electron chi connectivity index (χ1n) is 4.00. The molecule has 0 aromatic heterocycles. The zero-order chi connectivity index (χ0) is 7.98. The van der Waals surface area contributed by atoms with Crippen LogP contribution >= 0.6 is 0 Å². The van der Waals surface area contributed by atoms with E-state index >= 15 is 0 Å². The summed E-state index contributed by atoms with van der Waals surface area (Å²) in [5.74, 6) is 0.623. The lowest BCUT2D eigenvalue weighted by Gasteiger charge is -2.10. The van der Waals surface area contributed by atoms with Crippen LogP contribution in [-0.2, 0) is 0 Å². The Balaban J connectivity index is 3.58. The van der Waals surface area contributed by atoms with Crippen molar-refractivity contribution < 1.29 is 0 Å². The molecular formula is C10H18. The zero-order valence-electron chi connectivity index (χ0n) is 7.19. The highest BCUT2D eigenvalue weighted by Gasteiger charge is 2.01. The molecule has 0 bridgehead atoms. The van der Waals surface area contributed by atoms with E-state index in [0.717, 1.165) is 12.8 Å². The highest BCUT2D eigenvalue weighted by Crippen LogP contribution is 2.17. The average Bonchev–Trinajstić information content (AvgIpc) is 1.89. The molecule has 0 spiro atoms. The molecule has 0 saturated carbocycles. The van der Waals surface area contributed by atoms with Gasteiger partial charge in [-0.15, -0.1) is 6.58 Å². The van der Waals surface area contributed by atoms with Crippen molar-refractivity contribution in [1.29, 1.82) is 0 Å². The SMILES string of the molecule is C=CCC(C)C(=C)CCC. The fraction of sp³-hybridized carbons (Fsp3) is 0.600. The molecule has 1 unspecified atom stereocenters. The molecular weight excluding hydrogens is 120 g/mol. The van der Waals surface area contributed by atoms with Crippen LogP contribution in [0.4, 0.5) is 0 Å². The van der Waals surface area contributed by atoms with Crippen molar-refractivity contribution >= 4 is 0 Å². The molecule has 0 aliphatic heterocycles. The summed E-state index contributed by atoms with van der Waals surface area (Å²) in [4.78, 5) is 0. The predicted molar refractivity (Wildman–Crippen MR) is 48.0 cm³/mol. The van der Waals surface area contributed by atoms with Crippen LogP contribution in [0, 0.1) is 5.92 Å². The lowest BCUT2D eigenvalue weighted by Crippen LogP contribution is -1.95. The molecule has 1 atom stereocenters. The molecule has 0 fully saturated rings. The minimum absolute atomic E-state index is 0.623. The fourth-order valence-electron chi connectivity index (χ4n) is 0.984. The van der Waals surface area contributed by atoms with Gasteiger partial charge in [-0.1, -0.05) is 38.5 Å². The number of allylic oxidation sites excluding steroid dienone is 2. The van der Waals surface area contributed by atoms with Crippen LogP contribution < -0.4 is 0 Å². The van der Waals surface area contributed by atoms with Crippen LogP contribution in [0.5, 0.6) is 0 Å². The van der Waals surface area contributed by atoms with Crippen molar-refractivity contribution in [1.82, 2.24) is 0 Å². The third-order valence-electron chi connectivity index (χ3n) is 1.79. The Kier molecular flexibility index (Phi) is 5.00. The molecule has 0 amide bonds. The van der Waals surface area contributed by atoms with Gasteiger partial charge >= 0.3 is 0 Å². The van der Waals surface area contributed by atoms with Crippen molar-refractivity contribution in [2.45, 2.75) is 33.1 Å². The van der Waals surface area contributed by atoms with Gasteiger partial charge in [-0.3, -0.25) is 0 Å². The van der Waals surface area contributed by atoms with Crippen LogP contribution in [0.1, 0.15) is 33.1 Å². The first-order valence-corrected chi connectivity index (χ1v) is 4.00. The van der Waals surface area contributed by atoms with Gasteiger partial charge in [0.05, 0.1) is 0 Å². The van der Waals surface area contributed by atoms with E-state index in [-0.39, 0.29) is 0 Å². The van der Waals surface area contributed by atoms with Crippen LogP contribution in [0.25, 0.3) is 0 Å². The second kappa shape index (κ2) is 5.28. The van der Waals surface area contributed by atoms with Crippen LogP contribution in [0.2, 0.25) is 0 Å². The van der Waals surface area contributed by atoms with Crippen LogP contribution in [-0.4, -0.2) is 0 Å². The minimum atomic E-state index is 0.623. The van der Waals surface area contributed by atoms with Gasteiger partial charge < -0.3 is 0 Å². The topological polar surface area (TPSA) is 0 Å². The molecule has 0 N–H and O–H groups in total. The highest BCUT2D eigenvalue weighted by molar-refractivity contribution is 5.00. The van der Waals surface area contributed by atoms with E-state index in [0.29, 0.717) is 5.92 Å². The molecule has 0 nitrogen and oxygen atoms in total. The Hall–Kier alpha value is -0.520. The summed E-state index contributed by atoms with van der Waals surface area (Å²) in [6.07, 6.45) is 5.40. The van der Waals surface area contributed by atoms with Crippen molar-refractivity contribution in [2.24, 2.45) is 5.92 Å². The van der Waals surface area contributed by atoms with Gasteiger partial charge in [0.25, 0.3) is 0 Å². The van der Waals surface area contributed by atoms with Gasteiger partial charge in [0.15, 0.2) is 0 Å². The highest BCUT2D eigenvalue weighted by atomic mass is 14.1. The lowest BCUT2D eigenvalue weighted by molar-refractivity contribution is 0.652. The minimum Gasteiger partial charge on any atom is -0.103 e. The fourth-order valence-corrected chi connectivity index (χ4v) is 0.984. The van der Waals surface area contributed by atoms with E-state index < -0.39 is 0 Å². The van der Waals surface area contributed by atoms with E-state index in [1.165, 1.54) is 12.0 Å². The van der Waals surface area contributed by atoms with E-state index in [1.807, 2.05) is 6.08 Å². The second-order valence-electron chi connectivity index (χ2n) is 2.83. The first-order chi connectivity index (χ1) is 4.72. The molecule has 0 aromatic carbocycles. The van der Waals surface area contributed by atoms with Gasteiger partial charge in [-0.2, -0.15) is 0 Å². The summed E-state index contributed by atoms with van der Waals surface area (Å²) in [5.41, 5.74) is 1.36. The zero-order valence-corrected chi connectivity index (χ0v) is 7.19. The normalized spacial score (nSPS) is 12.6. The van der Waals surface area contributed by atoms with Crippen molar-refractivity contribution in [2.75, 3.05) is 0 Å². The van der Waals surface area contributed by atoms with E-state index in [9.17, 15) is 0 Å². The smallest absolute Gasteiger partial charge is 0.0200 e. The maximum atomic E-state index is 4.02. The maximum Gasteiger partial charge on any atom is -0.0200 e. The Labute approximate surface area is 64.6 Å². The van der Waals surface area contributed by atoms with Crippen molar-refractivity contribution in [3.63, 3.8) is 0 Å². The second-order valence-corrected chi connectivity index (χ2v) is 2.83. The monoisotopic (exact) mass is 138 g/mol. The van der Waals surface area contributed by atoms with Gasteiger partial charge in [0.2, 0.25) is 0 Å². The van der Waals surface area contributed by atoms with Gasteiger partial charge in [-0.05, 0) is 18.8 Å². The largest absolute Gasteiger partial charge is 0.103 e. The third-order valence-corrected chi connectivity index (χ3v) is 1.79. The summed E-state index contributed by atoms with van der Waals surface area (Å²) in [6, 6.07) is 0.